The van der Waals surface area contributed by atoms with Crippen molar-refractivity contribution in [1.29, 1.82) is 0 Å². The molecule has 1 atom stereocenters. The number of hydrogen-bond donors (Lipinski definition) is 0. The van der Waals surface area contributed by atoms with Gasteiger partial charge >= 0.3 is 5.76 Å². The van der Waals surface area contributed by atoms with E-state index in [4.69, 9.17) is 0 Å². The molecule has 0 fully saturated rings. The van der Waals surface area contributed by atoms with Crippen LogP contribution in [0.3, 0.4) is 0 Å². The third-order valence-electron chi connectivity index (χ3n) is 2.56. The molecule has 0 aliphatic rings. The second kappa shape index (κ2) is 6.61. The summed E-state index contributed by atoms with van der Waals surface area (Å²) in [5, 5.41) is 0. The summed E-state index contributed by atoms with van der Waals surface area (Å²) in [5.74, 6) is -3.38. The van der Waals surface area contributed by atoms with Crippen molar-refractivity contribution in [3.05, 3.63) is 29.8 Å². The van der Waals surface area contributed by atoms with Crippen LogP contribution >= 0.6 is 15.9 Å². The average molecular weight is 341 g/mol. The van der Waals surface area contributed by atoms with E-state index < -0.39 is 15.6 Å². The first-order valence-corrected chi connectivity index (χ1v) is 8.09. The Balaban J connectivity index is 3.08. The topological polar surface area (TPSA) is 34.1 Å². The van der Waals surface area contributed by atoms with E-state index >= 15 is 0 Å². The number of hydrogen-bond acceptors (Lipinski definition) is 2. The van der Waals surface area contributed by atoms with Gasteiger partial charge in [-0.1, -0.05) is 47.5 Å². The molecule has 102 valence electrons. The van der Waals surface area contributed by atoms with Crippen molar-refractivity contribution in [3.63, 3.8) is 0 Å². The zero-order chi connectivity index (χ0) is 13.8. The predicted molar refractivity (Wildman–Crippen MR) is 71.0 cm³/mol. The number of alkyl halides is 3. The van der Waals surface area contributed by atoms with Crippen molar-refractivity contribution < 1.29 is 17.2 Å². The molecule has 0 aliphatic carbocycles. The van der Waals surface area contributed by atoms with E-state index in [9.17, 15) is 17.2 Å². The van der Waals surface area contributed by atoms with Crippen LogP contribution in [0.25, 0.3) is 0 Å². The fourth-order valence-corrected chi connectivity index (χ4v) is 3.48. The summed E-state index contributed by atoms with van der Waals surface area (Å²) in [6, 6.07) is 5.94. The van der Waals surface area contributed by atoms with E-state index in [1.54, 1.807) is 12.1 Å². The fourth-order valence-electron chi connectivity index (χ4n) is 1.70. The minimum Gasteiger partial charge on any atom is -0.218 e. The Bertz CT molecular complexity index is 489. The SMILES string of the molecule is CCCC(Br)Cc1ccccc1S(=O)(=O)C(F)F. The highest BCUT2D eigenvalue weighted by Crippen LogP contribution is 2.25. The molecule has 1 aromatic carbocycles. The van der Waals surface area contributed by atoms with Gasteiger partial charge in [0.2, 0.25) is 9.84 Å². The molecule has 1 aromatic rings. The molecule has 2 nitrogen and oxygen atoms in total. The molecule has 0 saturated heterocycles. The lowest BCUT2D eigenvalue weighted by Gasteiger charge is -2.13. The Morgan fingerprint density at radius 2 is 1.89 bits per heavy atom. The third kappa shape index (κ3) is 3.75. The van der Waals surface area contributed by atoms with Gasteiger partial charge in [0.25, 0.3) is 0 Å². The van der Waals surface area contributed by atoms with Gasteiger partial charge in [-0.3, -0.25) is 0 Å². The van der Waals surface area contributed by atoms with Crippen molar-refractivity contribution in [2.24, 2.45) is 0 Å². The Kier molecular flexibility index (Phi) is 5.72. The molecule has 0 heterocycles. The van der Waals surface area contributed by atoms with E-state index in [0.29, 0.717) is 12.0 Å². The van der Waals surface area contributed by atoms with Gasteiger partial charge in [0.05, 0.1) is 4.90 Å². The monoisotopic (exact) mass is 340 g/mol. The summed E-state index contributed by atoms with van der Waals surface area (Å²) < 4.78 is 48.2. The molecule has 1 unspecified atom stereocenters. The van der Waals surface area contributed by atoms with Gasteiger partial charge in [0, 0.05) is 4.83 Å². The predicted octanol–water partition coefficient (Wildman–Crippen LogP) is 3.79. The van der Waals surface area contributed by atoms with Crippen LogP contribution in [-0.4, -0.2) is 19.0 Å². The maximum atomic E-state index is 12.6. The third-order valence-corrected chi connectivity index (χ3v) is 4.82. The lowest BCUT2D eigenvalue weighted by atomic mass is 10.1. The van der Waals surface area contributed by atoms with Gasteiger partial charge in [-0.15, -0.1) is 0 Å². The van der Waals surface area contributed by atoms with Crippen LogP contribution in [0.2, 0.25) is 0 Å². The molecule has 0 aliphatic heterocycles. The van der Waals surface area contributed by atoms with Crippen LogP contribution in [0.5, 0.6) is 0 Å². The maximum absolute atomic E-state index is 12.6. The molecule has 6 heteroatoms. The summed E-state index contributed by atoms with van der Waals surface area (Å²) in [5.41, 5.74) is 0.438. The summed E-state index contributed by atoms with van der Waals surface area (Å²) >= 11 is 3.43. The van der Waals surface area contributed by atoms with Crippen molar-refractivity contribution in [2.45, 2.75) is 41.7 Å². The van der Waals surface area contributed by atoms with Gasteiger partial charge in [-0.2, -0.15) is 8.78 Å². The summed E-state index contributed by atoms with van der Waals surface area (Å²) in [6.45, 7) is 2.01. The molecule has 0 aromatic heterocycles. The van der Waals surface area contributed by atoms with Crippen molar-refractivity contribution in [1.82, 2.24) is 0 Å². The zero-order valence-electron chi connectivity index (χ0n) is 9.94. The van der Waals surface area contributed by atoms with Gasteiger partial charge in [-0.05, 0) is 24.5 Å². The van der Waals surface area contributed by atoms with E-state index in [-0.39, 0.29) is 9.72 Å². The molecular formula is C12H15BrF2O2S. The number of benzene rings is 1. The highest BCUT2D eigenvalue weighted by Gasteiger charge is 2.29. The quantitative estimate of drug-likeness (QED) is 0.738. The highest BCUT2D eigenvalue weighted by molar-refractivity contribution is 9.09. The van der Waals surface area contributed by atoms with E-state index in [0.717, 1.165) is 12.8 Å². The van der Waals surface area contributed by atoms with E-state index in [1.807, 2.05) is 6.92 Å². The minimum absolute atomic E-state index is 0.0940. The van der Waals surface area contributed by atoms with Crippen LogP contribution in [0.15, 0.2) is 29.2 Å². The maximum Gasteiger partial charge on any atom is 0.341 e. The van der Waals surface area contributed by atoms with Crippen molar-refractivity contribution in [2.75, 3.05) is 0 Å². The second-order valence-corrected chi connectivity index (χ2v) is 7.18. The normalized spacial score (nSPS) is 13.8. The molecule has 0 bridgehead atoms. The first-order valence-electron chi connectivity index (χ1n) is 5.63. The van der Waals surface area contributed by atoms with Gasteiger partial charge in [-0.25, -0.2) is 8.42 Å². The van der Waals surface area contributed by atoms with Crippen LogP contribution < -0.4 is 0 Å². The molecular weight excluding hydrogens is 326 g/mol. The molecule has 0 N–H and O–H groups in total. The first kappa shape index (κ1) is 15.6. The average Bonchev–Trinajstić information content (AvgIpc) is 2.29. The summed E-state index contributed by atoms with van der Waals surface area (Å²) in [6.07, 6.45) is 2.23. The zero-order valence-corrected chi connectivity index (χ0v) is 12.3. The largest absolute Gasteiger partial charge is 0.341 e. The standard InChI is InChI=1S/C12H15BrF2O2S/c1-2-5-10(13)8-9-6-3-4-7-11(9)18(16,17)12(14)15/h3-4,6-7,10,12H,2,5,8H2,1H3. The van der Waals surface area contributed by atoms with Crippen molar-refractivity contribution >= 4 is 25.8 Å². The summed E-state index contributed by atoms with van der Waals surface area (Å²) in [7, 11) is -4.52. The Morgan fingerprint density at radius 3 is 2.44 bits per heavy atom. The number of halogens is 3. The number of sulfone groups is 1. The van der Waals surface area contributed by atoms with Crippen LogP contribution in [0.4, 0.5) is 8.78 Å². The molecule has 0 saturated carbocycles. The molecule has 0 radical (unpaired) electrons. The first-order chi connectivity index (χ1) is 8.39. The summed E-state index contributed by atoms with van der Waals surface area (Å²) in [4.78, 5) is -0.169. The Morgan fingerprint density at radius 1 is 1.28 bits per heavy atom. The van der Waals surface area contributed by atoms with Gasteiger partial charge in [0.15, 0.2) is 0 Å². The second-order valence-electron chi connectivity index (χ2n) is 4.00. The van der Waals surface area contributed by atoms with E-state index in [2.05, 4.69) is 15.9 Å². The fraction of sp³-hybridized carbons (Fsp3) is 0.500. The van der Waals surface area contributed by atoms with Crippen molar-refractivity contribution in [3.8, 4) is 0 Å². The lowest BCUT2D eigenvalue weighted by Crippen LogP contribution is -2.15. The molecule has 0 spiro atoms. The molecule has 0 amide bonds. The Hall–Kier alpha value is -0.490. The molecule has 18 heavy (non-hydrogen) atoms. The highest BCUT2D eigenvalue weighted by atomic mass is 79.9. The van der Waals surface area contributed by atoms with Crippen LogP contribution in [0, 0.1) is 0 Å². The van der Waals surface area contributed by atoms with E-state index in [1.165, 1.54) is 12.1 Å². The number of rotatable bonds is 6. The van der Waals surface area contributed by atoms with Gasteiger partial charge in [0.1, 0.15) is 0 Å². The lowest BCUT2D eigenvalue weighted by molar-refractivity contribution is 0.234. The van der Waals surface area contributed by atoms with Crippen LogP contribution in [-0.2, 0) is 16.3 Å². The minimum atomic E-state index is -4.52. The van der Waals surface area contributed by atoms with Crippen LogP contribution in [0.1, 0.15) is 25.3 Å². The molecule has 1 rings (SSSR count). The van der Waals surface area contributed by atoms with Gasteiger partial charge < -0.3 is 0 Å². The Labute approximate surface area is 114 Å². The smallest absolute Gasteiger partial charge is 0.218 e.